The first-order valence-electron chi connectivity index (χ1n) is 12.8. The summed E-state index contributed by atoms with van der Waals surface area (Å²) < 4.78 is 2.96. The van der Waals surface area contributed by atoms with E-state index in [1.807, 2.05) is 24.3 Å². The minimum Gasteiger partial charge on any atom is -0.480 e. The maximum absolute atomic E-state index is 13.6. The molecule has 0 radical (unpaired) electrons. The van der Waals surface area contributed by atoms with E-state index in [1.165, 1.54) is 35.5 Å². The normalized spacial score (nSPS) is 18.3. The van der Waals surface area contributed by atoms with Crippen LogP contribution in [0.3, 0.4) is 0 Å². The Labute approximate surface area is 239 Å². The van der Waals surface area contributed by atoms with Gasteiger partial charge in [-0.05, 0) is 37.6 Å². The lowest BCUT2D eigenvalue weighted by atomic mass is 10.1. The van der Waals surface area contributed by atoms with E-state index in [1.54, 1.807) is 16.3 Å². The van der Waals surface area contributed by atoms with Crippen molar-refractivity contribution in [3.63, 3.8) is 0 Å². The number of carbonyl (C=O) groups excluding carboxylic acids is 1. The van der Waals surface area contributed by atoms with Gasteiger partial charge in [-0.15, -0.1) is 11.3 Å². The first kappa shape index (κ1) is 28.7. The van der Waals surface area contributed by atoms with E-state index in [0.29, 0.717) is 20.6 Å². The van der Waals surface area contributed by atoms with Gasteiger partial charge in [-0.25, -0.2) is 0 Å². The quantitative estimate of drug-likeness (QED) is 0.301. The Morgan fingerprint density at radius 1 is 1.00 bits per heavy atom. The van der Waals surface area contributed by atoms with Gasteiger partial charge in [0.2, 0.25) is 0 Å². The van der Waals surface area contributed by atoms with Crippen LogP contribution in [0.2, 0.25) is 0 Å². The van der Waals surface area contributed by atoms with Crippen molar-refractivity contribution in [2.75, 3.05) is 18.0 Å². The molecule has 2 aromatic rings. The van der Waals surface area contributed by atoms with Crippen molar-refractivity contribution in [3.8, 4) is 0 Å². The van der Waals surface area contributed by atoms with E-state index in [4.69, 9.17) is 12.2 Å². The van der Waals surface area contributed by atoms with Crippen molar-refractivity contribution >= 4 is 79.9 Å². The van der Waals surface area contributed by atoms with Crippen LogP contribution in [0.5, 0.6) is 0 Å². The summed E-state index contributed by atoms with van der Waals surface area (Å²) in [5.74, 6) is -1.58. The predicted molar refractivity (Wildman–Crippen MR) is 162 cm³/mol. The van der Waals surface area contributed by atoms with Crippen LogP contribution in [-0.2, 0) is 16.1 Å². The van der Waals surface area contributed by atoms with Crippen LogP contribution in [0, 0.1) is 0 Å². The highest BCUT2D eigenvalue weighted by Crippen LogP contribution is 2.45. The second kappa shape index (κ2) is 13.1. The molecule has 3 heterocycles. The number of aliphatic carboxylic acids is 1. The average molecular weight is 590 g/mol. The number of carboxylic acids is 1. The van der Waals surface area contributed by atoms with Crippen LogP contribution in [-0.4, -0.2) is 43.9 Å². The zero-order chi connectivity index (χ0) is 27.2. The number of allylic oxidation sites excluding steroid dienone is 1. The molecule has 1 aromatic heterocycles. The summed E-state index contributed by atoms with van der Waals surface area (Å²) >= 11 is 9.31. The number of benzene rings is 1. The first-order valence-corrected chi connectivity index (χ1v) is 15.7. The van der Waals surface area contributed by atoms with Crippen LogP contribution < -0.4 is 19.7 Å². The van der Waals surface area contributed by atoms with Crippen LogP contribution in [0.25, 0.3) is 11.0 Å². The molecular formula is C27H31N3O4S4. The number of rotatable bonds is 11. The third-order valence-electron chi connectivity index (χ3n) is 6.31. The minimum absolute atomic E-state index is 0.137. The second-order valence-electron chi connectivity index (χ2n) is 8.96. The maximum atomic E-state index is 13.6. The molecule has 2 aliphatic rings. The number of carboxylic acid groups (broad SMARTS) is 1. The van der Waals surface area contributed by atoms with Crippen LogP contribution >= 0.6 is 47.1 Å². The number of thiocarbonyl (C=S) groups is 1. The van der Waals surface area contributed by atoms with E-state index < -0.39 is 18.4 Å². The minimum atomic E-state index is -1.13. The zero-order valence-electron chi connectivity index (χ0n) is 21.5. The summed E-state index contributed by atoms with van der Waals surface area (Å²) in [5.41, 5.74) is 1.02. The molecule has 0 aliphatic carbocycles. The van der Waals surface area contributed by atoms with Gasteiger partial charge in [-0.2, -0.15) is 0 Å². The Morgan fingerprint density at radius 3 is 2.47 bits per heavy atom. The molecule has 0 unspecified atom stereocenters. The van der Waals surface area contributed by atoms with Gasteiger partial charge in [0.25, 0.3) is 11.5 Å². The van der Waals surface area contributed by atoms with Gasteiger partial charge < -0.3 is 10.0 Å². The lowest BCUT2D eigenvalue weighted by Gasteiger charge is -2.17. The molecule has 0 saturated carbocycles. The largest absolute Gasteiger partial charge is 0.480 e. The van der Waals surface area contributed by atoms with Crippen LogP contribution in [0.1, 0.15) is 52.4 Å². The zero-order valence-corrected chi connectivity index (χ0v) is 24.7. The number of hydrogen-bond acceptors (Lipinski definition) is 8. The molecule has 202 valence electrons. The van der Waals surface area contributed by atoms with Crippen molar-refractivity contribution in [1.82, 2.24) is 9.47 Å². The molecule has 0 spiro atoms. The van der Waals surface area contributed by atoms with E-state index in [9.17, 15) is 19.5 Å². The summed E-state index contributed by atoms with van der Waals surface area (Å²) in [6, 6.07) is 8.22. The smallest absolute Gasteiger partial charge is 0.323 e. The number of fused-ring (bicyclic) bond motifs is 1. The number of para-hydroxylation sites is 1. The highest BCUT2D eigenvalue weighted by Gasteiger charge is 2.35. The SMILES string of the molecule is CCCCCCCCn1c(=C2SC(=S)N(CC(=O)O)C2=O)sc(=CC=C2Sc3ccccc3N2CC)c1=O. The maximum Gasteiger partial charge on any atom is 0.323 e. The van der Waals surface area contributed by atoms with Gasteiger partial charge in [-0.3, -0.25) is 23.9 Å². The Balaban J connectivity index is 1.72. The number of amides is 1. The van der Waals surface area contributed by atoms with Gasteiger partial charge in [0, 0.05) is 18.0 Å². The Bertz CT molecular complexity index is 1440. The van der Waals surface area contributed by atoms with Crippen molar-refractivity contribution in [2.45, 2.75) is 63.8 Å². The average Bonchev–Trinajstić information content (AvgIpc) is 3.51. The van der Waals surface area contributed by atoms with Crippen molar-refractivity contribution in [2.24, 2.45) is 0 Å². The molecule has 1 N–H and O–H groups in total. The predicted octanol–water partition coefficient (Wildman–Crippen LogP) is 4.58. The summed E-state index contributed by atoms with van der Waals surface area (Å²) in [5, 5.41) is 10.3. The molecule has 0 atom stereocenters. The molecule has 11 heteroatoms. The second-order valence-corrected chi connectivity index (χ2v) is 12.7. The van der Waals surface area contributed by atoms with Gasteiger partial charge in [0.05, 0.1) is 15.2 Å². The van der Waals surface area contributed by atoms with Gasteiger partial charge in [-0.1, -0.05) is 86.9 Å². The third-order valence-corrected chi connectivity index (χ3v) is 10.2. The fraction of sp³-hybridized carbons (Fsp3) is 0.407. The number of unbranched alkanes of at least 4 members (excludes halogenated alkanes) is 5. The van der Waals surface area contributed by atoms with Gasteiger partial charge in [0.15, 0.2) is 0 Å². The van der Waals surface area contributed by atoms with Crippen molar-refractivity contribution in [1.29, 1.82) is 0 Å². The molecule has 38 heavy (non-hydrogen) atoms. The molecule has 4 rings (SSSR count). The van der Waals surface area contributed by atoms with Crippen LogP contribution in [0.4, 0.5) is 5.69 Å². The number of nitrogens with zero attached hydrogens (tertiary/aromatic N) is 3. The van der Waals surface area contributed by atoms with E-state index in [2.05, 4.69) is 30.9 Å². The fourth-order valence-electron chi connectivity index (χ4n) is 4.40. The molecule has 1 saturated heterocycles. The fourth-order valence-corrected chi connectivity index (χ4v) is 8.01. The third kappa shape index (κ3) is 6.27. The van der Waals surface area contributed by atoms with E-state index >= 15 is 0 Å². The number of aromatic nitrogens is 1. The van der Waals surface area contributed by atoms with E-state index in [-0.39, 0.29) is 9.88 Å². The highest BCUT2D eigenvalue weighted by molar-refractivity contribution is 8.30. The summed E-state index contributed by atoms with van der Waals surface area (Å²) in [6.45, 7) is 5.10. The topological polar surface area (TPSA) is 82.8 Å². The molecule has 7 nitrogen and oxygen atoms in total. The lowest BCUT2D eigenvalue weighted by molar-refractivity contribution is -0.140. The lowest BCUT2D eigenvalue weighted by Crippen LogP contribution is -2.35. The molecule has 1 fully saturated rings. The Morgan fingerprint density at radius 2 is 1.74 bits per heavy atom. The number of carbonyl (C=O) groups is 2. The van der Waals surface area contributed by atoms with Gasteiger partial charge >= 0.3 is 5.97 Å². The van der Waals surface area contributed by atoms with Crippen LogP contribution in [0.15, 0.2) is 45.1 Å². The first-order chi connectivity index (χ1) is 18.3. The number of thioether (sulfide) groups is 2. The Kier molecular flexibility index (Phi) is 9.91. The monoisotopic (exact) mass is 589 g/mol. The van der Waals surface area contributed by atoms with E-state index in [0.717, 1.165) is 53.2 Å². The number of hydrogen-bond donors (Lipinski definition) is 1. The highest BCUT2D eigenvalue weighted by atomic mass is 32.2. The number of anilines is 1. The summed E-state index contributed by atoms with van der Waals surface area (Å²) in [6.07, 6.45) is 10.3. The molecule has 1 amide bonds. The molecule has 0 bridgehead atoms. The Hall–Kier alpha value is -2.34. The number of thiazole rings is 1. The standard InChI is InChI=1S/C27H31N3O4S4/c1-3-5-6-7-8-11-16-29-24(33)20(14-15-21-28(4-2)18-12-9-10-13-19(18)36-21)37-26(29)23-25(34)30(17-22(31)32)27(35)38-23/h9-10,12-15H,3-8,11,16-17H2,1-2H3,(H,31,32). The molecular weight excluding hydrogens is 559 g/mol. The van der Waals surface area contributed by atoms with Crippen molar-refractivity contribution in [3.05, 3.63) is 54.9 Å². The molecule has 2 aliphatic heterocycles. The van der Waals surface area contributed by atoms with Gasteiger partial charge in [0.1, 0.15) is 20.4 Å². The molecule has 1 aromatic carbocycles. The summed E-state index contributed by atoms with van der Waals surface area (Å²) in [4.78, 5) is 42.8. The van der Waals surface area contributed by atoms with Crippen molar-refractivity contribution < 1.29 is 14.7 Å². The summed E-state index contributed by atoms with van der Waals surface area (Å²) in [7, 11) is 0.